The molecule has 0 aliphatic heterocycles. The van der Waals surface area contributed by atoms with Gasteiger partial charge in [0.25, 0.3) is 0 Å². The highest BCUT2D eigenvalue weighted by molar-refractivity contribution is 14.0. The van der Waals surface area contributed by atoms with E-state index in [-0.39, 0.29) is 29.9 Å². The maximum atomic E-state index is 5.98. The number of benzene rings is 2. The maximum absolute atomic E-state index is 5.98. The van der Waals surface area contributed by atoms with Crippen molar-refractivity contribution in [2.45, 2.75) is 12.8 Å². The lowest BCUT2D eigenvalue weighted by Crippen LogP contribution is -2.23. The van der Waals surface area contributed by atoms with Crippen molar-refractivity contribution in [3.05, 3.63) is 54.1 Å². The van der Waals surface area contributed by atoms with Gasteiger partial charge in [0.2, 0.25) is 0 Å². The molecule has 0 fully saturated rings. The van der Waals surface area contributed by atoms with Crippen LogP contribution in [0.3, 0.4) is 0 Å². The number of halogens is 1. The predicted molar refractivity (Wildman–Crippen MR) is 110 cm³/mol. The van der Waals surface area contributed by atoms with E-state index in [0.717, 1.165) is 22.7 Å². The summed E-state index contributed by atoms with van der Waals surface area (Å²) in [5.74, 6) is 2.15. The molecule has 0 heterocycles. The normalized spacial score (nSPS) is 12.0. The fourth-order valence-corrected chi connectivity index (χ4v) is 2.33. The second kappa shape index (κ2) is 10.0. The van der Waals surface area contributed by atoms with E-state index in [4.69, 9.17) is 15.2 Å². The highest BCUT2D eigenvalue weighted by Gasteiger charge is 2.10. The Labute approximate surface area is 160 Å². The molecule has 5 nitrogen and oxygen atoms in total. The summed E-state index contributed by atoms with van der Waals surface area (Å²) in [4.78, 5) is 4.42. The van der Waals surface area contributed by atoms with Crippen molar-refractivity contribution in [1.82, 2.24) is 0 Å². The largest absolute Gasteiger partial charge is 0.496 e. The first-order chi connectivity index (χ1) is 11.2. The number of nitrogens with one attached hydrogen (secondary N) is 1. The summed E-state index contributed by atoms with van der Waals surface area (Å²) >= 11 is 0. The molecule has 0 aliphatic rings. The number of nitrogens with zero attached hydrogens (tertiary/aromatic N) is 1. The lowest BCUT2D eigenvalue weighted by molar-refractivity contribution is 0.407. The molecule has 0 radical (unpaired) electrons. The Hall–Kier alpha value is -1.96. The molecule has 3 N–H and O–H groups in total. The fourth-order valence-electron chi connectivity index (χ4n) is 2.33. The number of methoxy groups -OCH3 is 2. The van der Waals surface area contributed by atoms with E-state index in [1.807, 2.05) is 48.5 Å². The minimum absolute atomic E-state index is 0. The van der Waals surface area contributed by atoms with E-state index in [2.05, 4.69) is 17.2 Å². The van der Waals surface area contributed by atoms with E-state index in [9.17, 15) is 0 Å². The van der Waals surface area contributed by atoms with Gasteiger partial charge < -0.3 is 20.5 Å². The van der Waals surface area contributed by atoms with Crippen LogP contribution in [0.4, 0.5) is 5.69 Å². The van der Waals surface area contributed by atoms with Gasteiger partial charge in [-0.1, -0.05) is 37.3 Å². The summed E-state index contributed by atoms with van der Waals surface area (Å²) in [5.41, 5.74) is 7.89. The molecule has 0 saturated heterocycles. The third-order valence-electron chi connectivity index (χ3n) is 3.58. The number of para-hydroxylation sites is 3. The van der Waals surface area contributed by atoms with Crippen LogP contribution in [-0.4, -0.2) is 26.7 Å². The second-order valence-corrected chi connectivity index (χ2v) is 5.19. The molecule has 24 heavy (non-hydrogen) atoms. The Morgan fingerprint density at radius 2 is 1.62 bits per heavy atom. The molecule has 1 unspecified atom stereocenters. The van der Waals surface area contributed by atoms with Crippen LogP contribution in [0, 0.1) is 0 Å². The van der Waals surface area contributed by atoms with Crippen molar-refractivity contribution < 1.29 is 9.47 Å². The van der Waals surface area contributed by atoms with Crippen molar-refractivity contribution >= 4 is 35.6 Å². The van der Waals surface area contributed by atoms with Crippen molar-refractivity contribution in [1.29, 1.82) is 0 Å². The Morgan fingerprint density at radius 1 is 1.04 bits per heavy atom. The lowest BCUT2D eigenvalue weighted by Gasteiger charge is -2.14. The zero-order chi connectivity index (χ0) is 16.7. The summed E-state index contributed by atoms with van der Waals surface area (Å²) < 4.78 is 10.7. The third kappa shape index (κ3) is 5.30. The molecular weight excluding hydrogens is 417 g/mol. The third-order valence-corrected chi connectivity index (χ3v) is 3.58. The predicted octanol–water partition coefficient (Wildman–Crippen LogP) is 3.85. The Kier molecular flexibility index (Phi) is 8.39. The summed E-state index contributed by atoms with van der Waals surface area (Å²) in [5, 5.41) is 3.07. The first kappa shape index (κ1) is 20.1. The number of ether oxygens (including phenoxy) is 2. The number of nitrogens with two attached hydrogens (primary N) is 1. The molecule has 2 aromatic rings. The SMILES string of the molecule is COc1ccccc1NC(N)=NCC(C)c1ccccc1OC.I. The lowest BCUT2D eigenvalue weighted by atomic mass is 10.0. The Balaban J connectivity index is 0.00000288. The van der Waals surface area contributed by atoms with Crippen LogP contribution in [0.5, 0.6) is 11.5 Å². The monoisotopic (exact) mass is 441 g/mol. The van der Waals surface area contributed by atoms with Crippen molar-refractivity contribution in [3.63, 3.8) is 0 Å². The number of rotatable bonds is 6. The Morgan fingerprint density at radius 3 is 2.29 bits per heavy atom. The molecule has 130 valence electrons. The van der Waals surface area contributed by atoms with Gasteiger partial charge in [0, 0.05) is 12.5 Å². The molecule has 0 bridgehead atoms. The Bertz CT molecular complexity index is 677. The van der Waals surface area contributed by atoms with Gasteiger partial charge in [0.1, 0.15) is 11.5 Å². The van der Waals surface area contributed by atoms with Crippen LogP contribution in [-0.2, 0) is 0 Å². The number of aliphatic imine (C=N–C) groups is 1. The van der Waals surface area contributed by atoms with Gasteiger partial charge in [0.15, 0.2) is 5.96 Å². The van der Waals surface area contributed by atoms with Crippen LogP contribution in [0.15, 0.2) is 53.5 Å². The van der Waals surface area contributed by atoms with Crippen molar-refractivity contribution in [2.24, 2.45) is 10.7 Å². The topological polar surface area (TPSA) is 68.9 Å². The van der Waals surface area contributed by atoms with E-state index < -0.39 is 0 Å². The number of hydrogen-bond acceptors (Lipinski definition) is 3. The molecule has 0 spiro atoms. The van der Waals surface area contributed by atoms with Crippen LogP contribution in [0.1, 0.15) is 18.4 Å². The van der Waals surface area contributed by atoms with Gasteiger partial charge in [-0.3, -0.25) is 4.99 Å². The van der Waals surface area contributed by atoms with Crippen LogP contribution in [0.2, 0.25) is 0 Å². The van der Waals surface area contributed by atoms with Crippen LogP contribution < -0.4 is 20.5 Å². The number of anilines is 1. The minimum Gasteiger partial charge on any atom is -0.496 e. The van der Waals surface area contributed by atoms with Gasteiger partial charge in [-0.25, -0.2) is 0 Å². The summed E-state index contributed by atoms with van der Waals surface area (Å²) in [6.45, 7) is 2.66. The van der Waals surface area contributed by atoms with Crippen LogP contribution in [0.25, 0.3) is 0 Å². The summed E-state index contributed by atoms with van der Waals surface area (Å²) in [7, 11) is 3.30. The second-order valence-electron chi connectivity index (χ2n) is 5.19. The quantitative estimate of drug-likeness (QED) is 0.406. The minimum atomic E-state index is 0. The highest BCUT2D eigenvalue weighted by Crippen LogP contribution is 2.26. The summed E-state index contributed by atoms with van der Waals surface area (Å²) in [6.07, 6.45) is 0. The molecule has 0 aromatic heterocycles. The first-order valence-electron chi connectivity index (χ1n) is 7.48. The van der Waals surface area contributed by atoms with E-state index in [1.165, 1.54) is 0 Å². The molecule has 2 aromatic carbocycles. The average Bonchev–Trinajstić information content (AvgIpc) is 2.60. The van der Waals surface area contributed by atoms with Gasteiger partial charge >= 0.3 is 0 Å². The van der Waals surface area contributed by atoms with Crippen molar-refractivity contribution in [2.75, 3.05) is 26.1 Å². The molecule has 0 amide bonds. The number of guanidine groups is 1. The average molecular weight is 441 g/mol. The molecular formula is C18H24IN3O2. The zero-order valence-corrected chi connectivity index (χ0v) is 16.5. The van der Waals surface area contributed by atoms with E-state index >= 15 is 0 Å². The smallest absolute Gasteiger partial charge is 0.193 e. The first-order valence-corrected chi connectivity index (χ1v) is 7.48. The van der Waals surface area contributed by atoms with Gasteiger partial charge in [0.05, 0.1) is 19.9 Å². The maximum Gasteiger partial charge on any atom is 0.193 e. The number of hydrogen-bond donors (Lipinski definition) is 2. The van der Waals surface area contributed by atoms with Gasteiger partial charge in [-0.2, -0.15) is 0 Å². The van der Waals surface area contributed by atoms with E-state index in [0.29, 0.717) is 12.5 Å². The molecule has 1 atom stereocenters. The molecule has 2 rings (SSSR count). The van der Waals surface area contributed by atoms with E-state index in [1.54, 1.807) is 14.2 Å². The van der Waals surface area contributed by atoms with Crippen LogP contribution >= 0.6 is 24.0 Å². The molecule has 0 aliphatic carbocycles. The van der Waals surface area contributed by atoms with Crippen molar-refractivity contribution in [3.8, 4) is 11.5 Å². The fraction of sp³-hybridized carbons (Fsp3) is 0.278. The zero-order valence-electron chi connectivity index (χ0n) is 14.2. The molecule has 6 heteroatoms. The van der Waals surface area contributed by atoms with Gasteiger partial charge in [-0.05, 0) is 23.8 Å². The highest BCUT2D eigenvalue weighted by atomic mass is 127. The summed E-state index contributed by atoms with van der Waals surface area (Å²) in [6, 6.07) is 15.5. The van der Waals surface area contributed by atoms with Gasteiger partial charge in [-0.15, -0.1) is 24.0 Å². The molecule has 0 saturated carbocycles. The standard InChI is InChI=1S/C18H23N3O2.HI/c1-13(14-8-4-6-10-16(14)22-2)12-20-18(19)21-15-9-5-7-11-17(15)23-3;/h4-11,13H,12H2,1-3H3,(H3,19,20,21);1H.